The number of hydrogen-bond donors (Lipinski definition) is 2. The van der Waals surface area contributed by atoms with Crippen LogP contribution in [0.25, 0.3) is 0 Å². The third-order valence-electron chi connectivity index (χ3n) is 1.97. The molecule has 0 aliphatic carbocycles. The van der Waals surface area contributed by atoms with E-state index in [1.54, 1.807) is 6.92 Å². The number of nitrogens with one attached hydrogen (secondary N) is 1. The Hall–Kier alpha value is -0.650. The highest BCUT2D eigenvalue weighted by atomic mass is 16.6. The van der Waals surface area contributed by atoms with Crippen LogP contribution in [0.2, 0.25) is 0 Å². The summed E-state index contributed by atoms with van der Waals surface area (Å²) >= 11 is 0. The number of aliphatic hydroxyl groups is 1. The second-order valence-corrected chi connectivity index (χ2v) is 3.36. The maximum Gasteiger partial charge on any atom is 0.307 e. The van der Waals surface area contributed by atoms with E-state index in [9.17, 15) is 9.90 Å². The molecule has 5 heteroatoms. The molecule has 0 saturated carbocycles. The second-order valence-electron chi connectivity index (χ2n) is 3.36. The average molecular weight is 233 g/mol. The fourth-order valence-electron chi connectivity index (χ4n) is 1.23. The van der Waals surface area contributed by atoms with Gasteiger partial charge in [0.1, 0.15) is 0 Å². The molecule has 5 nitrogen and oxygen atoms in total. The Morgan fingerprint density at radius 1 is 1.31 bits per heavy atom. The summed E-state index contributed by atoms with van der Waals surface area (Å²) in [6.07, 6.45) is 1.16. The Morgan fingerprint density at radius 3 is 2.69 bits per heavy atom. The smallest absolute Gasteiger partial charge is 0.307 e. The number of esters is 1. The minimum Gasteiger partial charge on any atom is -0.466 e. The molecule has 0 aromatic rings. The molecule has 0 fully saturated rings. The normalized spacial score (nSPS) is 12.4. The van der Waals surface area contributed by atoms with Crippen LogP contribution in [0, 0.1) is 0 Å². The van der Waals surface area contributed by atoms with Gasteiger partial charge in [0.25, 0.3) is 0 Å². The molecule has 96 valence electrons. The van der Waals surface area contributed by atoms with Gasteiger partial charge in [-0.3, -0.25) is 4.79 Å². The molecule has 0 aromatic carbocycles. The summed E-state index contributed by atoms with van der Waals surface area (Å²) in [5, 5.41) is 12.3. The molecule has 0 heterocycles. The fraction of sp³-hybridized carbons (Fsp3) is 0.909. The van der Waals surface area contributed by atoms with Crippen LogP contribution in [-0.2, 0) is 14.3 Å². The molecule has 0 bridgehead atoms. The first kappa shape index (κ1) is 15.3. The van der Waals surface area contributed by atoms with E-state index >= 15 is 0 Å². The van der Waals surface area contributed by atoms with Crippen LogP contribution >= 0.6 is 0 Å². The Labute approximate surface area is 97.1 Å². The molecular weight excluding hydrogens is 210 g/mol. The lowest BCUT2D eigenvalue weighted by atomic mass is 10.3. The van der Waals surface area contributed by atoms with E-state index in [1.165, 1.54) is 0 Å². The van der Waals surface area contributed by atoms with Crippen molar-refractivity contribution in [3.8, 4) is 0 Å². The van der Waals surface area contributed by atoms with Crippen molar-refractivity contribution in [2.24, 2.45) is 0 Å². The topological polar surface area (TPSA) is 67.8 Å². The van der Waals surface area contributed by atoms with E-state index in [4.69, 9.17) is 9.47 Å². The third kappa shape index (κ3) is 9.89. The fourth-order valence-corrected chi connectivity index (χ4v) is 1.23. The zero-order valence-corrected chi connectivity index (χ0v) is 10.2. The van der Waals surface area contributed by atoms with Gasteiger partial charge in [-0.05, 0) is 33.2 Å². The molecule has 16 heavy (non-hydrogen) atoms. The lowest BCUT2D eigenvalue weighted by Gasteiger charge is -2.10. The summed E-state index contributed by atoms with van der Waals surface area (Å²) in [6.45, 7) is 5.98. The highest BCUT2D eigenvalue weighted by molar-refractivity contribution is 5.69. The number of carbonyl (C=O) groups excluding carboxylic acids is 1. The van der Waals surface area contributed by atoms with Gasteiger partial charge in [-0.15, -0.1) is 0 Å². The van der Waals surface area contributed by atoms with Gasteiger partial charge in [-0.2, -0.15) is 0 Å². The molecule has 0 aliphatic rings. The first-order chi connectivity index (χ1) is 7.70. The number of rotatable bonds is 10. The van der Waals surface area contributed by atoms with Crippen molar-refractivity contribution in [3.05, 3.63) is 0 Å². The Kier molecular flexibility index (Phi) is 10.4. The van der Waals surface area contributed by atoms with Crippen LogP contribution in [0.1, 0.15) is 33.1 Å². The molecule has 0 aliphatic heterocycles. The lowest BCUT2D eigenvalue weighted by molar-refractivity contribution is -0.143. The Bertz CT molecular complexity index is 175. The number of carbonyl (C=O) groups is 1. The van der Waals surface area contributed by atoms with Gasteiger partial charge < -0.3 is 19.9 Å². The molecule has 0 rings (SSSR count). The van der Waals surface area contributed by atoms with E-state index in [1.807, 2.05) is 6.92 Å². The first-order valence-corrected chi connectivity index (χ1v) is 5.86. The molecule has 0 radical (unpaired) electrons. The van der Waals surface area contributed by atoms with Crippen LogP contribution in [0.15, 0.2) is 0 Å². The zero-order valence-electron chi connectivity index (χ0n) is 10.2. The quantitative estimate of drug-likeness (QED) is 0.330. The Balaban J connectivity index is 3.18. The molecule has 2 N–H and O–H groups in total. The van der Waals surface area contributed by atoms with Gasteiger partial charge in [0.05, 0.1) is 13.0 Å². The molecule has 0 saturated heterocycles. The van der Waals surface area contributed by atoms with E-state index in [0.717, 1.165) is 13.0 Å². The van der Waals surface area contributed by atoms with E-state index < -0.39 is 6.29 Å². The highest BCUT2D eigenvalue weighted by Crippen LogP contribution is 1.97. The van der Waals surface area contributed by atoms with Crippen molar-refractivity contribution in [3.63, 3.8) is 0 Å². The lowest BCUT2D eigenvalue weighted by Crippen LogP contribution is -2.22. The molecule has 1 atom stereocenters. The van der Waals surface area contributed by atoms with E-state index in [0.29, 0.717) is 32.6 Å². The predicted octanol–water partition coefficient (Wildman–Crippen LogP) is 0.664. The highest BCUT2D eigenvalue weighted by Gasteiger charge is 2.02. The van der Waals surface area contributed by atoms with Gasteiger partial charge in [0.15, 0.2) is 6.29 Å². The van der Waals surface area contributed by atoms with Gasteiger partial charge >= 0.3 is 5.97 Å². The van der Waals surface area contributed by atoms with E-state index in [2.05, 4.69) is 5.32 Å². The maximum absolute atomic E-state index is 10.9. The zero-order chi connectivity index (χ0) is 12.2. The van der Waals surface area contributed by atoms with E-state index in [-0.39, 0.29) is 5.97 Å². The summed E-state index contributed by atoms with van der Waals surface area (Å²) in [4.78, 5) is 10.9. The van der Waals surface area contributed by atoms with Gasteiger partial charge in [0.2, 0.25) is 0 Å². The number of hydrogen-bond acceptors (Lipinski definition) is 5. The van der Waals surface area contributed by atoms with Crippen LogP contribution in [0.5, 0.6) is 0 Å². The third-order valence-corrected chi connectivity index (χ3v) is 1.97. The average Bonchev–Trinajstić information content (AvgIpc) is 2.24. The molecule has 0 aromatic heterocycles. The second kappa shape index (κ2) is 10.9. The first-order valence-electron chi connectivity index (χ1n) is 5.86. The molecule has 0 spiro atoms. The standard InChI is InChI=1S/C11H23NO4/c1-3-15-10(13)6-5-8-12-9-7-11(14)16-4-2/h10,12-13H,3-9H2,1-2H3. The Morgan fingerprint density at radius 2 is 2.06 bits per heavy atom. The summed E-state index contributed by atoms with van der Waals surface area (Å²) in [5.41, 5.74) is 0. The van der Waals surface area contributed by atoms with Crippen LogP contribution < -0.4 is 5.32 Å². The minimum atomic E-state index is -0.670. The molecule has 0 amide bonds. The monoisotopic (exact) mass is 233 g/mol. The van der Waals surface area contributed by atoms with Crippen molar-refractivity contribution in [1.29, 1.82) is 0 Å². The summed E-state index contributed by atoms with van der Waals surface area (Å²) < 4.78 is 9.75. The number of ether oxygens (including phenoxy) is 2. The molecular formula is C11H23NO4. The van der Waals surface area contributed by atoms with Gasteiger partial charge in [-0.25, -0.2) is 0 Å². The molecule has 1 unspecified atom stereocenters. The van der Waals surface area contributed by atoms with Crippen molar-refractivity contribution in [2.45, 2.75) is 39.4 Å². The van der Waals surface area contributed by atoms with Gasteiger partial charge in [0, 0.05) is 13.2 Å². The number of aliphatic hydroxyl groups excluding tert-OH is 1. The van der Waals surface area contributed by atoms with Crippen LogP contribution in [0.3, 0.4) is 0 Å². The largest absolute Gasteiger partial charge is 0.466 e. The maximum atomic E-state index is 10.9. The van der Waals surface area contributed by atoms with Crippen molar-refractivity contribution in [1.82, 2.24) is 5.32 Å². The van der Waals surface area contributed by atoms with Gasteiger partial charge in [-0.1, -0.05) is 0 Å². The summed E-state index contributed by atoms with van der Waals surface area (Å²) in [7, 11) is 0. The van der Waals surface area contributed by atoms with Crippen molar-refractivity contribution < 1.29 is 19.4 Å². The van der Waals surface area contributed by atoms with Crippen molar-refractivity contribution in [2.75, 3.05) is 26.3 Å². The van der Waals surface area contributed by atoms with Crippen LogP contribution in [-0.4, -0.2) is 43.7 Å². The minimum absolute atomic E-state index is 0.177. The SMILES string of the molecule is CCOC(=O)CCNCCCC(O)OCC. The summed E-state index contributed by atoms with van der Waals surface area (Å²) in [5.74, 6) is -0.177. The van der Waals surface area contributed by atoms with Crippen LogP contribution in [0.4, 0.5) is 0 Å². The van der Waals surface area contributed by atoms with Crippen molar-refractivity contribution >= 4 is 5.97 Å². The predicted molar refractivity (Wildman–Crippen MR) is 61.0 cm³/mol. The summed E-state index contributed by atoms with van der Waals surface area (Å²) in [6, 6.07) is 0.